The van der Waals surface area contributed by atoms with Crippen LogP contribution < -0.4 is 10.6 Å². The Morgan fingerprint density at radius 1 is 1.08 bits per heavy atom. The van der Waals surface area contributed by atoms with E-state index in [4.69, 9.17) is 0 Å². The summed E-state index contributed by atoms with van der Waals surface area (Å²) in [5.74, 6) is -2.66. The van der Waals surface area contributed by atoms with Gasteiger partial charge in [0.2, 0.25) is 5.91 Å². The molecule has 1 heterocycles. The number of imide groups is 3. The van der Waals surface area contributed by atoms with E-state index in [1.165, 1.54) is 0 Å². The molecule has 1 aliphatic carbocycles. The van der Waals surface area contributed by atoms with Crippen molar-refractivity contribution in [2.45, 2.75) is 65.0 Å². The second-order valence-corrected chi connectivity index (χ2v) is 7.93. The lowest BCUT2D eigenvalue weighted by Crippen LogP contribution is -2.51. The molecule has 2 N–H and O–H groups in total. The summed E-state index contributed by atoms with van der Waals surface area (Å²) in [5.41, 5.74) is -0.548. The van der Waals surface area contributed by atoms with Gasteiger partial charge in [-0.1, -0.05) is 19.8 Å². The van der Waals surface area contributed by atoms with Gasteiger partial charge in [0.15, 0.2) is 0 Å². The maximum absolute atomic E-state index is 12.6. The average molecular weight is 366 g/mol. The van der Waals surface area contributed by atoms with Crippen LogP contribution in [0.1, 0.15) is 53.4 Å². The Labute approximate surface area is 152 Å². The zero-order chi connectivity index (χ0) is 19.6. The average Bonchev–Trinajstić information content (AvgIpc) is 2.70. The first-order valence-electron chi connectivity index (χ1n) is 8.82. The molecule has 0 aromatic heterocycles. The summed E-state index contributed by atoms with van der Waals surface area (Å²) in [6, 6.07) is -1.85. The van der Waals surface area contributed by atoms with Crippen LogP contribution in [0.15, 0.2) is 0 Å². The molecule has 0 radical (unpaired) electrons. The van der Waals surface area contributed by atoms with E-state index in [0.29, 0.717) is 11.3 Å². The van der Waals surface area contributed by atoms with Gasteiger partial charge >= 0.3 is 23.9 Å². The molecule has 7 amide bonds. The highest BCUT2D eigenvalue weighted by atomic mass is 16.2. The molecule has 2 rings (SSSR count). The van der Waals surface area contributed by atoms with Gasteiger partial charge in [0, 0.05) is 11.6 Å². The molecule has 144 valence electrons. The fourth-order valence-electron chi connectivity index (χ4n) is 3.32. The van der Waals surface area contributed by atoms with Crippen molar-refractivity contribution in [3.05, 3.63) is 0 Å². The van der Waals surface area contributed by atoms with Crippen LogP contribution in [0.5, 0.6) is 0 Å². The number of hydrogen-bond donors (Lipinski definition) is 2. The van der Waals surface area contributed by atoms with E-state index >= 15 is 0 Å². The molecule has 1 saturated heterocycles. The normalized spacial score (nSPS) is 24.1. The number of amides is 7. The molecule has 2 aliphatic rings. The van der Waals surface area contributed by atoms with Crippen LogP contribution in [0.4, 0.5) is 9.59 Å². The van der Waals surface area contributed by atoms with Crippen molar-refractivity contribution in [3.63, 3.8) is 0 Å². The predicted octanol–water partition coefficient (Wildman–Crippen LogP) is 0.980. The standard InChI is InChI=1S/C17H26N4O5/c1-10-7-5-6-8-11(10)21-14(24)13(23)20(16(21)26)9-12(22)18-15(25)19-17(2,3)4/h10-11H,5-9H2,1-4H3,(H2,18,19,22,25)/t10-,11-/m1/s1. The Morgan fingerprint density at radius 3 is 2.27 bits per heavy atom. The zero-order valence-corrected chi connectivity index (χ0v) is 15.6. The van der Waals surface area contributed by atoms with Crippen molar-refractivity contribution in [2.75, 3.05) is 6.54 Å². The van der Waals surface area contributed by atoms with E-state index in [1.807, 2.05) is 6.92 Å². The second-order valence-electron chi connectivity index (χ2n) is 7.93. The zero-order valence-electron chi connectivity index (χ0n) is 15.6. The molecule has 0 bridgehead atoms. The predicted molar refractivity (Wildman–Crippen MR) is 91.8 cm³/mol. The minimum Gasteiger partial charge on any atom is -0.333 e. The highest BCUT2D eigenvalue weighted by Crippen LogP contribution is 2.31. The second kappa shape index (κ2) is 7.43. The summed E-state index contributed by atoms with van der Waals surface area (Å²) in [5, 5.41) is 4.59. The third-order valence-corrected chi connectivity index (χ3v) is 4.52. The lowest BCUT2D eigenvalue weighted by atomic mass is 9.85. The quantitative estimate of drug-likeness (QED) is 0.570. The Balaban J connectivity index is 2.02. The molecule has 1 aliphatic heterocycles. The third-order valence-electron chi connectivity index (χ3n) is 4.52. The van der Waals surface area contributed by atoms with Gasteiger partial charge in [0.05, 0.1) is 0 Å². The van der Waals surface area contributed by atoms with Gasteiger partial charge in [-0.05, 0) is 39.5 Å². The van der Waals surface area contributed by atoms with Crippen molar-refractivity contribution in [1.29, 1.82) is 0 Å². The molecule has 1 saturated carbocycles. The third kappa shape index (κ3) is 4.39. The van der Waals surface area contributed by atoms with Crippen LogP contribution in [0.25, 0.3) is 0 Å². The van der Waals surface area contributed by atoms with E-state index in [9.17, 15) is 24.0 Å². The van der Waals surface area contributed by atoms with Crippen LogP contribution in [-0.2, 0) is 14.4 Å². The molecular weight excluding hydrogens is 340 g/mol. The molecular formula is C17H26N4O5. The monoisotopic (exact) mass is 366 g/mol. The van der Waals surface area contributed by atoms with Gasteiger partial charge in [-0.2, -0.15) is 0 Å². The SMILES string of the molecule is C[C@@H]1CCCC[C@H]1N1C(=O)C(=O)N(CC(=O)NC(=O)NC(C)(C)C)C1=O. The van der Waals surface area contributed by atoms with Crippen molar-refractivity contribution in [2.24, 2.45) is 5.92 Å². The summed E-state index contributed by atoms with van der Waals surface area (Å²) < 4.78 is 0. The largest absolute Gasteiger partial charge is 0.334 e. The minimum absolute atomic E-state index is 0.107. The first kappa shape index (κ1) is 19.9. The number of carbonyl (C=O) groups excluding carboxylic acids is 5. The molecule has 26 heavy (non-hydrogen) atoms. The number of hydrogen-bond acceptors (Lipinski definition) is 5. The number of rotatable bonds is 3. The van der Waals surface area contributed by atoms with Crippen LogP contribution in [0, 0.1) is 5.92 Å². The molecule has 9 nitrogen and oxygen atoms in total. The van der Waals surface area contributed by atoms with E-state index in [-0.39, 0.29) is 12.0 Å². The highest BCUT2D eigenvalue weighted by Gasteiger charge is 2.49. The Kier molecular flexibility index (Phi) is 5.68. The van der Waals surface area contributed by atoms with Gasteiger partial charge in [0.1, 0.15) is 6.54 Å². The highest BCUT2D eigenvalue weighted by molar-refractivity contribution is 6.45. The number of carbonyl (C=O) groups is 5. The topological polar surface area (TPSA) is 116 Å². The van der Waals surface area contributed by atoms with Crippen LogP contribution in [0.3, 0.4) is 0 Å². The maximum Gasteiger partial charge on any atom is 0.334 e. The molecule has 0 aromatic carbocycles. The van der Waals surface area contributed by atoms with Crippen molar-refractivity contribution in [3.8, 4) is 0 Å². The molecule has 0 aromatic rings. The number of nitrogens with one attached hydrogen (secondary N) is 2. The fourth-order valence-corrected chi connectivity index (χ4v) is 3.32. The Morgan fingerprint density at radius 2 is 1.69 bits per heavy atom. The van der Waals surface area contributed by atoms with Gasteiger partial charge in [-0.15, -0.1) is 0 Å². The molecule has 2 atom stereocenters. The Bertz CT molecular complexity index is 640. The van der Waals surface area contributed by atoms with Crippen molar-refractivity contribution < 1.29 is 24.0 Å². The fraction of sp³-hybridized carbons (Fsp3) is 0.706. The molecule has 0 spiro atoms. The van der Waals surface area contributed by atoms with Crippen LogP contribution in [-0.4, -0.2) is 57.7 Å². The lowest BCUT2D eigenvalue weighted by Gasteiger charge is -2.34. The molecule has 2 fully saturated rings. The van der Waals surface area contributed by atoms with Gasteiger partial charge in [-0.3, -0.25) is 24.6 Å². The van der Waals surface area contributed by atoms with E-state index < -0.39 is 41.9 Å². The van der Waals surface area contributed by atoms with E-state index in [2.05, 4.69) is 10.6 Å². The Hall–Kier alpha value is -2.45. The smallest absolute Gasteiger partial charge is 0.333 e. The molecule has 9 heteroatoms. The summed E-state index contributed by atoms with van der Waals surface area (Å²) in [6.07, 6.45) is 3.44. The number of nitrogens with zero attached hydrogens (tertiary/aromatic N) is 2. The van der Waals surface area contributed by atoms with E-state index in [1.54, 1.807) is 20.8 Å². The van der Waals surface area contributed by atoms with Gasteiger partial charge < -0.3 is 5.32 Å². The first-order chi connectivity index (χ1) is 12.0. The summed E-state index contributed by atoms with van der Waals surface area (Å²) in [7, 11) is 0. The lowest BCUT2D eigenvalue weighted by molar-refractivity contribution is -0.145. The minimum atomic E-state index is -1.03. The van der Waals surface area contributed by atoms with Crippen LogP contribution >= 0.6 is 0 Å². The van der Waals surface area contributed by atoms with Gasteiger partial charge in [0.25, 0.3) is 0 Å². The number of urea groups is 2. The van der Waals surface area contributed by atoms with Crippen molar-refractivity contribution in [1.82, 2.24) is 20.4 Å². The maximum atomic E-state index is 12.6. The van der Waals surface area contributed by atoms with Crippen LogP contribution in [0.2, 0.25) is 0 Å². The van der Waals surface area contributed by atoms with Gasteiger partial charge in [-0.25, -0.2) is 14.5 Å². The molecule has 0 unspecified atom stereocenters. The first-order valence-corrected chi connectivity index (χ1v) is 8.82. The van der Waals surface area contributed by atoms with Crippen molar-refractivity contribution >= 4 is 29.8 Å². The summed E-state index contributed by atoms with van der Waals surface area (Å²) in [6.45, 7) is 6.50. The van der Waals surface area contributed by atoms with E-state index in [0.717, 1.165) is 24.2 Å². The summed E-state index contributed by atoms with van der Waals surface area (Å²) in [4.78, 5) is 62.3. The summed E-state index contributed by atoms with van der Waals surface area (Å²) >= 11 is 0.